The Labute approximate surface area is 332 Å². The van der Waals surface area contributed by atoms with Gasteiger partial charge in [0.15, 0.2) is 0 Å². The first-order valence-electron chi connectivity index (χ1n) is 22.4. The number of benzene rings is 4. The van der Waals surface area contributed by atoms with Crippen molar-refractivity contribution in [3.8, 4) is 0 Å². The smallest absolute Gasteiger partial charge is 0.0314 e. The van der Waals surface area contributed by atoms with E-state index in [0.29, 0.717) is 0 Å². The van der Waals surface area contributed by atoms with E-state index < -0.39 is 0 Å². The highest BCUT2D eigenvalue weighted by Gasteiger charge is 2.09. The molecule has 0 saturated carbocycles. The van der Waals surface area contributed by atoms with E-state index in [4.69, 9.17) is 11.5 Å². The normalized spacial score (nSPS) is 11.4. The standard InChI is InChI=1S/C52H76N2/c1-3-5-7-15-21-25-47-39-43(27-33-49(47)41-45-29-35-51(53)36-30-45)23-19-17-13-11-9-10-12-14-18-20-24-44-28-34-50(42-46-31-37-52(54)38-32-46)48(40-44)26-22-16-8-6-4-2/h27-40H,3-26,41-42,53-54H2,1-2H3. The summed E-state index contributed by atoms with van der Waals surface area (Å²) in [4.78, 5) is 0. The summed E-state index contributed by atoms with van der Waals surface area (Å²) in [6.45, 7) is 4.60. The summed E-state index contributed by atoms with van der Waals surface area (Å²) in [5.41, 5.74) is 25.5. The number of aryl methyl sites for hydroxylation is 4. The van der Waals surface area contributed by atoms with Crippen molar-refractivity contribution >= 4 is 11.4 Å². The van der Waals surface area contributed by atoms with Gasteiger partial charge < -0.3 is 11.5 Å². The minimum absolute atomic E-state index is 0.845. The summed E-state index contributed by atoms with van der Waals surface area (Å²) in [5.74, 6) is 0. The van der Waals surface area contributed by atoms with E-state index in [1.807, 2.05) is 24.3 Å². The third-order valence-electron chi connectivity index (χ3n) is 11.6. The second-order valence-electron chi connectivity index (χ2n) is 16.4. The molecule has 0 unspecified atom stereocenters. The second-order valence-corrected chi connectivity index (χ2v) is 16.4. The van der Waals surface area contributed by atoms with E-state index >= 15 is 0 Å². The van der Waals surface area contributed by atoms with Gasteiger partial charge in [0.1, 0.15) is 0 Å². The summed E-state index contributed by atoms with van der Waals surface area (Å²) >= 11 is 0. The molecule has 0 bridgehead atoms. The van der Waals surface area contributed by atoms with Gasteiger partial charge in [-0.05, 0) is 133 Å². The Morgan fingerprint density at radius 3 is 0.944 bits per heavy atom. The summed E-state index contributed by atoms with van der Waals surface area (Å²) in [5, 5.41) is 0. The molecule has 0 spiro atoms. The fourth-order valence-electron chi connectivity index (χ4n) is 8.10. The zero-order chi connectivity index (χ0) is 38.1. The molecule has 0 aliphatic carbocycles. The van der Waals surface area contributed by atoms with Gasteiger partial charge in [0.05, 0.1) is 0 Å². The molecule has 54 heavy (non-hydrogen) atoms. The Kier molecular flexibility index (Phi) is 21.1. The van der Waals surface area contributed by atoms with Gasteiger partial charge in [-0.15, -0.1) is 0 Å². The number of nitrogen functional groups attached to an aromatic ring is 2. The first kappa shape index (κ1) is 43.2. The van der Waals surface area contributed by atoms with Crippen LogP contribution in [0.3, 0.4) is 0 Å². The van der Waals surface area contributed by atoms with Crippen LogP contribution in [0.15, 0.2) is 84.9 Å². The predicted octanol–water partition coefficient (Wildman–Crippen LogP) is 14.7. The van der Waals surface area contributed by atoms with Crippen molar-refractivity contribution in [2.75, 3.05) is 11.5 Å². The van der Waals surface area contributed by atoms with Crippen LogP contribution in [0.4, 0.5) is 11.4 Å². The molecule has 0 radical (unpaired) electrons. The van der Waals surface area contributed by atoms with Crippen molar-refractivity contribution in [3.05, 3.63) is 129 Å². The zero-order valence-electron chi connectivity index (χ0n) is 34.6. The molecular weight excluding hydrogens is 653 g/mol. The summed E-state index contributed by atoms with van der Waals surface area (Å²) in [6.07, 6.45) is 34.0. The van der Waals surface area contributed by atoms with E-state index in [1.165, 1.54) is 187 Å². The average molecular weight is 729 g/mol. The van der Waals surface area contributed by atoms with Crippen LogP contribution in [0, 0.1) is 0 Å². The van der Waals surface area contributed by atoms with Crippen molar-refractivity contribution in [2.45, 2.75) is 181 Å². The van der Waals surface area contributed by atoms with Crippen LogP contribution in [-0.4, -0.2) is 0 Å². The van der Waals surface area contributed by atoms with Crippen LogP contribution in [0.5, 0.6) is 0 Å². The zero-order valence-corrected chi connectivity index (χ0v) is 34.6. The van der Waals surface area contributed by atoms with Crippen LogP contribution >= 0.6 is 0 Å². The maximum Gasteiger partial charge on any atom is 0.0314 e. The lowest BCUT2D eigenvalue weighted by Gasteiger charge is -2.13. The highest BCUT2D eigenvalue weighted by molar-refractivity contribution is 5.43. The van der Waals surface area contributed by atoms with Gasteiger partial charge in [-0.3, -0.25) is 0 Å². The van der Waals surface area contributed by atoms with Crippen LogP contribution in [0.2, 0.25) is 0 Å². The largest absolute Gasteiger partial charge is 0.399 e. The van der Waals surface area contributed by atoms with Gasteiger partial charge in [0, 0.05) is 11.4 Å². The van der Waals surface area contributed by atoms with Crippen LogP contribution in [0.1, 0.15) is 187 Å². The fraction of sp³-hybridized carbons (Fsp3) is 0.538. The highest BCUT2D eigenvalue weighted by Crippen LogP contribution is 2.24. The van der Waals surface area contributed by atoms with E-state index in [9.17, 15) is 0 Å². The van der Waals surface area contributed by atoms with Crippen LogP contribution in [0.25, 0.3) is 0 Å². The van der Waals surface area contributed by atoms with Gasteiger partial charge in [0.25, 0.3) is 0 Å². The summed E-state index contributed by atoms with van der Waals surface area (Å²) in [7, 11) is 0. The molecule has 0 aliphatic rings. The van der Waals surface area contributed by atoms with Crippen molar-refractivity contribution in [2.24, 2.45) is 0 Å². The summed E-state index contributed by atoms with van der Waals surface area (Å²) in [6, 6.07) is 31.6. The minimum atomic E-state index is 0.845. The molecule has 4 N–H and O–H groups in total. The fourth-order valence-corrected chi connectivity index (χ4v) is 8.10. The van der Waals surface area contributed by atoms with Gasteiger partial charge in [-0.25, -0.2) is 0 Å². The van der Waals surface area contributed by atoms with Crippen LogP contribution in [-0.2, 0) is 38.5 Å². The lowest BCUT2D eigenvalue weighted by Crippen LogP contribution is -1.99. The number of hydrogen-bond donors (Lipinski definition) is 2. The third-order valence-corrected chi connectivity index (χ3v) is 11.6. The summed E-state index contributed by atoms with van der Waals surface area (Å²) < 4.78 is 0. The van der Waals surface area contributed by atoms with Crippen LogP contribution < -0.4 is 11.5 Å². The lowest BCUT2D eigenvalue weighted by molar-refractivity contribution is 0.551. The Morgan fingerprint density at radius 2 is 0.593 bits per heavy atom. The monoisotopic (exact) mass is 729 g/mol. The Morgan fingerprint density at radius 1 is 0.296 bits per heavy atom. The van der Waals surface area contributed by atoms with E-state index in [2.05, 4.69) is 74.5 Å². The van der Waals surface area contributed by atoms with Crippen molar-refractivity contribution in [1.82, 2.24) is 0 Å². The molecule has 294 valence electrons. The molecular formula is C52H76N2. The van der Waals surface area contributed by atoms with E-state index in [0.717, 1.165) is 24.2 Å². The number of rotatable bonds is 29. The van der Waals surface area contributed by atoms with Gasteiger partial charge in [-0.1, -0.05) is 177 Å². The average Bonchev–Trinajstić information content (AvgIpc) is 3.18. The van der Waals surface area contributed by atoms with Crippen molar-refractivity contribution in [1.29, 1.82) is 0 Å². The van der Waals surface area contributed by atoms with E-state index in [-0.39, 0.29) is 0 Å². The second kappa shape index (κ2) is 26.3. The number of nitrogens with two attached hydrogens (primary N) is 2. The minimum Gasteiger partial charge on any atom is -0.399 e. The van der Waals surface area contributed by atoms with E-state index in [1.54, 1.807) is 11.1 Å². The Bertz CT molecular complexity index is 1430. The van der Waals surface area contributed by atoms with Crippen molar-refractivity contribution < 1.29 is 0 Å². The molecule has 0 aliphatic heterocycles. The van der Waals surface area contributed by atoms with Gasteiger partial charge in [-0.2, -0.15) is 0 Å². The molecule has 2 heteroatoms. The quantitative estimate of drug-likeness (QED) is 0.0432. The molecule has 4 aromatic carbocycles. The topological polar surface area (TPSA) is 52.0 Å². The Hall–Kier alpha value is -3.52. The molecule has 0 saturated heterocycles. The predicted molar refractivity (Wildman–Crippen MR) is 239 cm³/mol. The third kappa shape index (κ3) is 17.3. The van der Waals surface area contributed by atoms with Gasteiger partial charge in [0.2, 0.25) is 0 Å². The maximum atomic E-state index is 5.95. The van der Waals surface area contributed by atoms with Crippen molar-refractivity contribution in [3.63, 3.8) is 0 Å². The molecule has 0 amide bonds. The Balaban J connectivity index is 1.10. The highest BCUT2D eigenvalue weighted by atomic mass is 14.5. The molecule has 0 heterocycles. The number of unbranched alkanes of at least 4 members (excludes halogenated alkanes) is 17. The number of hydrogen-bond acceptors (Lipinski definition) is 2. The molecule has 4 aromatic rings. The molecule has 0 aromatic heterocycles. The van der Waals surface area contributed by atoms with Gasteiger partial charge >= 0.3 is 0 Å². The molecule has 0 atom stereocenters. The first-order chi connectivity index (χ1) is 26.5. The molecule has 0 fully saturated rings. The molecule has 4 rings (SSSR count). The SMILES string of the molecule is CCCCCCCc1cc(CCCCCCCCCCCCc2ccc(Cc3ccc(N)cc3)c(CCCCCCC)c2)ccc1Cc1ccc(N)cc1. The first-order valence-corrected chi connectivity index (χ1v) is 22.4. The molecule has 2 nitrogen and oxygen atoms in total. The number of anilines is 2. The lowest BCUT2D eigenvalue weighted by atomic mass is 9.92. The maximum absolute atomic E-state index is 5.95.